The molecule has 2 N–H and O–H groups in total. The largest absolute Gasteiger partial charge is 0.347 e. The molecule has 30 heavy (non-hydrogen) atoms. The lowest BCUT2D eigenvalue weighted by atomic mass is 10.1. The smallest absolute Gasteiger partial charge is 0.271 e. The number of anilines is 1. The second-order valence-electron chi connectivity index (χ2n) is 8.21. The summed E-state index contributed by atoms with van der Waals surface area (Å²) in [6.07, 6.45) is 3.53. The van der Waals surface area contributed by atoms with E-state index in [1.807, 2.05) is 4.90 Å². The molecule has 162 valence electrons. The first-order valence-electron chi connectivity index (χ1n) is 9.74. The average molecular weight is 452 g/mol. The van der Waals surface area contributed by atoms with Crippen molar-refractivity contribution in [3.05, 3.63) is 46.7 Å². The lowest BCUT2D eigenvalue weighted by molar-refractivity contribution is 0.0945. The highest BCUT2D eigenvalue weighted by Crippen LogP contribution is 2.21. The van der Waals surface area contributed by atoms with Crippen LogP contribution in [0.25, 0.3) is 0 Å². The van der Waals surface area contributed by atoms with Crippen molar-refractivity contribution >= 4 is 33.5 Å². The summed E-state index contributed by atoms with van der Waals surface area (Å²) in [6, 6.07) is 6.54. The zero-order valence-electron chi connectivity index (χ0n) is 17.3. The molecule has 0 aliphatic carbocycles. The fourth-order valence-electron chi connectivity index (χ4n) is 3.22. The summed E-state index contributed by atoms with van der Waals surface area (Å²) < 4.78 is 28.1. The molecule has 0 bridgehead atoms. The third-order valence-corrected chi connectivity index (χ3v) is 6.61. The van der Waals surface area contributed by atoms with Gasteiger partial charge in [0.05, 0.1) is 16.1 Å². The average Bonchev–Trinajstić information content (AvgIpc) is 3.19. The molecule has 1 amide bonds. The van der Waals surface area contributed by atoms with E-state index >= 15 is 0 Å². The molecule has 1 saturated heterocycles. The van der Waals surface area contributed by atoms with Crippen LogP contribution >= 0.6 is 11.6 Å². The zero-order chi connectivity index (χ0) is 21.9. The number of halogens is 1. The van der Waals surface area contributed by atoms with Crippen molar-refractivity contribution < 1.29 is 13.2 Å². The van der Waals surface area contributed by atoms with Gasteiger partial charge < -0.3 is 10.2 Å². The predicted molar refractivity (Wildman–Crippen MR) is 116 cm³/mol. The van der Waals surface area contributed by atoms with Crippen LogP contribution in [-0.4, -0.2) is 42.9 Å². The highest BCUT2D eigenvalue weighted by atomic mass is 35.5. The standard InChI is InChI=1S/C20H26ClN5O3S/c1-20(2,3)25-30(28,29)16-9-5-4-8-14(16)12-22-18(27)17-15(21)13-23-19(24-17)26-10-6-7-11-26/h4-5,8-9,13,25H,6-7,10-12H2,1-3H3,(H,22,27). The fourth-order valence-corrected chi connectivity index (χ4v) is 5.05. The maximum Gasteiger partial charge on any atom is 0.271 e. The van der Waals surface area contributed by atoms with Gasteiger partial charge in [-0.15, -0.1) is 0 Å². The van der Waals surface area contributed by atoms with Crippen LogP contribution in [0.1, 0.15) is 49.7 Å². The highest BCUT2D eigenvalue weighted by Gasteiger charge is 2.25. The maximum atomic E-state index is 12.8. The van der Waals surface area contributed by atoms with Gasteiger partial charge in [0.2, 0.25) is 16.0 Å². The summed E-state index contributed by atoms with van der Waals surface area (Å²) in [7, 11) is -3.75. The van der Waals surface area contributed by atoms with Gasteiger partial charge in [-0.1, -0.05) is 29.8 Å². The molecular weight excluding hydrogens is 426 g/mol. The van der Waals surface area contributed by atoms with Gasteiger partial charge in [0.15, 0.2) is 5.69 Å². The van der Waals surface area contributed by atoms with Gasteiger partial charge >= 0.3 is 0 Å². The second-order valence-corrected chi connectivity index (χ2v) is 10.3. The Balaban J connectivity index is 1.78. The highest BCUT2D eigenvalue weighted by molar-refractivity contribution is 7.89. The zero-order valence-corrected chi connectivity index (χ0v) is 18.8. The minimum Gasteiger partial charge on any atom is -0.347 e. The number of carbonyl (C=O) groups is 1. The van der Waals surface area contributed by atoms with Gasteiger partial charge in [0, 0.05) is 25.2 Å². The normalized spacial score (nSPS) is 14.7. The molecule has 8 nitrogen and oxygen atoms in total. The van der Waals surface area contributed by atoms with E-state index in [1.165, 1.54) is 12.3 Å². The number of sulfonamides is 1. The van der Waals surface area contributed by atoms with E-state index in [0.717, 1.165) is 25.9 Å². The quantitative estimate of drug-likeness (QED) is 0.699. The van der Waals surface area contributed by atoms with Gasteiger partial charge in [-0.25, -0.2) is 23.1 Å². The molecule has 0 radical (unpaired) electrons. The van der Waals surface area contributed by atoms with Gasteiger partial charge in [0.25, 0.3) is 5.91 Å². The van der Waals surface area contributed by atoms with Crippen LogP contribution in [0.5, 0.6) is 0 Å². The lowest BCUT2D eigenvalue weighted by Crippen LogP contribution is -2.41. The topological polar surface area (TPSA) is 104 Å². The van der Waals surface area contributed by atoms with Crippen LogP contribution in [0.15, 0.2) is 35.4 Å². The number of nitrogens with zero attached hydrogens (tertiary/aromatic N) is 3. The van der Waals surface area contributed by atoms with Crippen LogP contribution in [0.4, 0.5) is 5.95 Å². The summed E-state index contributed by atoms with van der Waals surface area (Å²) in [5.41, 5.74) is -0.0930. The summed E-state index contributed by atoms with van der Waals surface area (Å²) in [5, 5.41) is 2.87. The summed E-state index contributed by atoms with van der Waals surface area (Å²) >= 11 is 6.15. The Morgan fingerprint density at radius 3 is 2.53 bits per heavy atom. The van der Waals surface area contributed by atoms with Gasteiger partial charge in [-0.2, -0.15) is 0 Å². The Hall–Kier alpha value is -2.23. The lowest BCUT2D eigenvalue weighted by Gasteiger charge is -2.21. The number of amides is 1. The van der Waals surface area contributed by atoms with E-state index in [1.54, 1.807) is 39.0 Å². The number of hydrogen-bond donors (Lipinski definition) is 2. The molecule has 1 aromatic heterocycles. The minimum absolute atomic E-state index is 0.0133. The van der Waals surface area contributed by atoms with Crippen LogP contribution in [0, 0.1) is 0 Å². The van der Waals surface area contributed by atoms with Crippen molar-refractivity contribution in [1.29, 1.82) is 0 Å². The summed E-state index contributed by atoms with van der Waals surface area (Å²) in [6.45, 7) is 7.00. The molecule has 0 saturated carbocycles. The molecule has 0 unspecified atom stereocenters. The molecule has 0 spiro atoms. The first-order chi connectivity index (χ1) is 14.1. The van der Waals surface area contributed by atoms with Crippen molar-refractivity contribution in [2.24, 2.45) is 0 Å². The van der Waals surface area contributed by atoms with E-state index in [4.69, 9.17) is 11.6 Å². The van der Waals surface area contributed by atoms with Crippen molar-refractivity contribution in [3.63, 3.8) is 0 Å². The Bertz CT molecular complexity index is 1030. The summed E-state index contributed by atoms with van der Waals surface area (Å²) in [4.78, 5) is 23.4. The van der Waals surface area contributed by atoms with E-state index in [0.29, 0.717) is 11.5 Å². The Labute approximate surface area is 182 Å². The second kappa shape index (κ2) is 8.87. The number of hydrogen-bond acceptors (Lipinski definition) is 6. The SMILES string of the molecule is CC(C)(C)NS(=O)(=O)c1ccccc1CNC(=O)c1nc(N2CCCC2)ncc1Cl. The van der Waals surface area contributed by atoms with Gasteiger partial charge in [-0.3, -0.25) is 4.79 Å². The fraction of sp³-hybridized carbons (Fsp3) is 0.450. The molecule has 1 aromatic carbocycles. The van der Waals surface area contributed by atoms with E-state index in [-0.39, 0.29) is 22.2 Å². The molecule has 1 fully saturated rings. The Morgan fingerprint density at radius 1 is 1.20 bits per heavy atom. The first kappa shape index (κ1) is 22.5. The van der Waals surface area contributed by atoms with E-state index in [9.17, 15) is 13.2 Å². The van der Waals surface area contributed by atoms with Crippen molar-refractivity contribution in [1.82, 2.24) is 20.0 Å². The number of rotatable bonds is 6. The third kappa shape index (κ3) is 5.47. The maximum absolute atomic E-state index is 12.8. The molecular formula is C20H26ClN5O3S. The molecule has 1 aliphatic heterocycles. The molecule has 3 rings (SSSR count). The Morgan fingerprint density at radius 2 is 1.87 bits per heavy atom. The van der Waals surface area contributed by atoms with Crippen molar-refractivity contribution in [2.45, 2.75) is 50.6 Å². The van der Waals surface area contributed by atoms with Crippen molar-refractivity contribution in [3.8, 4) is 0 Å². The molecule has 1 aliphatic rings. The predicted octanol–water partition coefficient (Wildman–Crippen LogP) is 2.74. The molecule has 10 heteroatoms. The molecule has 2 heterocycles. The van der Waals surface area contributed by atoms with Gasteiger partial charge in [-0.05, 0) is 45.2 Å². The number of benzene rings is 1. The molecule has 0 atom stereocenters. The number of carbonyl (C=O) groups excluding carboxylic acids is 1. The van der Waals surface area contributed by atoms with E-state index in [2.05, 4.69) is 20.0 Å². The van der Waals surface area contributed by atoms with Crippen LogP contribution in [0.2, 0.25) is 5.02 Å². The Kier molecular flexibility index (Phi) is 6.64. The summed E-state index contributed by atoms with van der Waals surface area (Å²) in [5.74, 6) is -0.0155. The van der Waals surface area contributed by atoms with Crippen LogP contribution < -0.4 is 14.9 Å². The van der Waals surface area contributed by atoms with Crippen LogP contribution in [0.3, 0.4) is 0 Å². The van der Waals surface area contributed by atoms with E-state index < -0.39 is 21.5 Å². The number of nitrogens with one attached hydrogen (secondary N) is 2. The number of aromatic nitrogens is 2. The first-order valence-corrected chi connectivity index (χ1v) is 11.6. The van der Waals surface area contributed by atoms with Crippen molar-refractivity contribution in [2.75, 3.05) is 18.0 Å². The minimum atomic E-state index is -3.75. The van der Waals surface area contributed by atoms with Crippen LogP contribution in [-0.2, 0) is 16.6 Å². The molecule has 2 aromatic rings. The van der Waals surface area contributed by atoms with Gasteiger partial charge in [0.1, 0.15) is 0 Å². The third-order valence-electron chi connectivity index (χ3n) is 4.48. The monoisotopic (exact) mass is 451 g/mol.